The second-order valence-electron chi connectivity index (χ2n) is 7.69. The molecular formula is C23H25N3O4S. The van der Waals surface area contributed by atoms with Gasteiger partial charge in [0.1, 0.15) is 5.75 Å². The molecular weight excluding hydrogens is 414 g/mol. The van der Waals surface area contributed by atoms with Crippen molar-refractivity contribution < 1.29 is 19.4 Å². The number of hydrogen-bond donors (Lipinski definition) is 2. The van der Waals surface area contributed by atoms with Crippen molar-refractivity contribution >= 4 is 35.5 Å². The van der Waals surface area contributed by atoms with Gasteiger partial charge in [-0.15, -0.1) is 0 Å². The number of carbonyl (C=O) groups excluding carboxylic acids is 1. The van der Waals surface area contributed by atoms with Gasteiger partial charge in [-0.1, -0.05) is 18.2 Å². The number of anilines is 1. The Kier molecular flexibility index (Phi) is 6.76. The van der Waals surface area contributed by atoms with E-state index in [1.807, 2.05) is 42.2 Å². The summed E-state index contributed by atoms with van der Waals surface area (Å²) in [4.78, 5) is 23.5. The molecule has 2 N–H and O–H groups in total. The maximum atomic E-state index is 12.6. The van der Waals surface area contributed by atoms with Gasteiger partial charge in [0.25, 0.3) is 5.91 Å². The van der Waals surface area contributed by atoms with Gasteiger partial charge >= 0.3 is 5.97 Å². The molecule has 0 spiro atoms. The van der Waals surface area contributed by atoms with Crippen LogP contribution in [-0.4, -0.2) is 59.4 Å². The lowest BCUT2D eigenvalue weighted by Crippen LogP contribution is -2.27. The minimum absolute atomic E-state index is 0.0266. The van der Waals surface area contributed by atoms with Crippen molar-refractivity contribution in [3.05, 3.63) is 59.2 Å². The monoisotopic (exact) mass is 439 g/mol. The molecule has 7 nitrogen and oxygen atoms in total. The number of hydrogen-bond acceptors (Lipinski definition) is 6. The van der Waals surface area contributed by atoms with Crippen molar-refractivity contribution in [2.24, 2.45) is 11.0 Å². The zero-order valence-electron chi connectivity index (χ0n) is 17.1. The van der Waals surface area contributed by atoms with Crippen LogP contribution in [0.25, 0.3) is 0 Å². The lowest BCUT2D eigenvalue weighted by Gasteiger charge is -2.24. The molecule has 2 aromatic rings. The molecule has 8 heteroatoms. The second-order valence-corrected chi connectivity index (χ2v) is 8.91. The molecule has 162 valence electrons. The molecule has 0 aliphatic carbocycles. The molecule has 2 aliphatic rings. The minimum Gasteiger partial charge on any atom is -0.493 e. The van der Waals surface area contributed by atoms with E-state index >= 15 is 0 Å². The summed E-state index contributed by atoms with van der Waals surface area (Å²) in [6.07, 6.45) is 2.58. The zero-order chi connectivity index (χ0) is 21.6. The van der Waals surface area contributed by atoms with E-state index in [0.29, 0.717) is 30.0 Å². The minimum atomic E-state index is -0.816. The highest BCUT2D eigenvalue weighted by atomic mass is 32.2. The predicted molar refractivity (Wildman–Crippen MR) is 122 cm³/mol. The highest BCUT2D eigenvalue weighted by molar-refractivity contribution is 7.99. The third-order valence-electron chi connectivity index (χ3n) is 5.30. The van der Waals surface area contributed by atoms with E-state index in [4.69, 9.17) is 9.84 Å². The molecule has 0 bridgehead atoms. The van der Waals surface area contributed by atoms with Gasteiger partial charge < -0.3 is 15.2 Å². The maximum absolute atomic E-state index is 12.6. The Labute approximate surface area is 185 Å². The van der Waals surface area contributed by atoms with Crippen LogP contribution >= 0.6 is 11.8 Å². The van der Waals surface area contributed by atoms with Crippen LogP contribution in [0.2, 0.25) is 0 Å². The number of aliphatic carboxylic acids is 1. The van der Waals surface area contributed by atoms with Crippen LogP contribution in [0.4, 0.5) is 5.69 Å². The van der Waals surface area contributed by atoms with E-state index in [-0.39, 0.29) is 18.2 Å². The molecule has 4 rings (SSSR count). The molecule has 2 heterocycles. The lowest BCUT2D eigenvalue weighted by atomic mass is 9.94. The topological polar surface area (TPSA) is 91.2 Å². The summed E-state index contributed by atoms with van der Waals surface area (Å²) in [6.45, 7) is 2.30. The van der Waals surface area contributed by atoms with Crippen molar-refractivity contribution in [2.45, 2.75) is 12.8 Å². The van der Waals surface area contributed by atoms with Gasteiger partial charge in [0.05, 0.1) is 19.2 Å². The normalized spacial score (nSPS) is 18.3. The number of carboxylic acid groups (broad SMARTS) is 1. The third-order valence-corrected chi connectivity index (χ3v) is 6.24. The first kappa shape index (κ1) is 21.2. The van der Waals surface area contributed by atoms with E-state index in [1.165, 1.54) is 0 Å². The maximum Gasteiger partial charge on any atom is 0.303 e. The number of nitrogens with one attached hydrogen (secondary N) is 1. The Morgan fingerprint density at radius 2 is 1.97 bits per heavy atom. The highest BCUT2D eigenvalue weighted by Gasteiger charge is 2.22. The first-order valence-electron chi connectivity index (χ1n) is 10.3. The number of benzene rings is 2. The molecule has 2 aliphatic heterocycles. The van der Waals surface area contributed by atoms with Gasteiger partial charge in [0.15, 0.2) is 0 Å². The van der Waals surface area contributed by atoms with Crippen LogP contribution in [0.1, 0.15) is 27.9 Å². The fraction of sp³-hybridized carbons (Fsp3) is 0.348. The summed E-state index contributed by atoms with van der Waals surface area (Å²) < 4.78 is 5.72. The molecule has 1 unspecified atom stereocenters. The Bertz CT molecular complexity index is 971. The number of hydrazone groups is 1. The number of ether oxygens (including phenoxy) is 1. The number of fused-ring (bicyclic) bond motifs is 1. The first-order valence-corrected chi connectivity index (χ1v) is 11.5. The first-order chi connectivity index (χ1) is 15.1. The van der Waals surface area contributed by atoms with E-state index in [0.717, 1.165) is 35.7 Å². The van der Waals surface area contributed by atoms with Crippen molar-refractivity contribution in [3.8, 4) is 5.75 Å². The van der Waals surface area contributed by atoms with Gasteiger partial charge in [0.2, 0.25) is 0 Å². The molecule has 1 saturated heterocycles. The quantitative estimate of drug-likeness (QED) is 0.671. The van der Waals surface area contributed by atoms with E-state index in [2.05, 4.69) is 15.4 Å². The van der Waals surface area contributed by atoms with E-state index in [1.54, 1.807) is 18.2 Å². The van der Waals surface area contributed by atoms with Crippen molar-refractivity contribution in [3.63, 3.8) is 0 Å². The molecule has 1 fully saturated rings. The molecule has 0 saturated carbocycles. The summed E-state index contributed by atoms with van der Waals surface area (Å²) in [5.74, 6) is 1.86. The Morgan fingerprint density at radius 1 is 1.19 bits per heavy atom. The highest BCUT2D eigenvalue weighted by Crippen LogP contribution is 2.31. The smallest absolute Gasteiger partial charge is 0.303 e. The average molecular weight is 440 g/mol. The molecule has 2 aromatic carbocycles. The standard InChI is InChI=1S/C23H25N3O4S/c27-22(28)12-17-11-19-5-6-20(13-21(19)30-15-17)25-23(29)18-3-1-16(2-4-18)14-24-26-7-9-31-10-8-26/h1-6,13-14,17H,7-12,15H2,(H,25,29)(H,27,28). The summed E-state index contributed by atoms with van der Waals surface area (Å²) in [5.41, 5.74) is 3.13. The summed E-state index contributed by atoms with van der Waals surface area (Å²) >= 11 is 1.95. The number of carbonyl (C=O) groups is 2. The van der Waals surface area contributed by atoms with Crippen LogP contribution in [0.5, 0.6) is 5.75 Å². The van der Waals surface area contributed by atoms with Crippen LogP contribution < -0.4 is 10.1 Å². The van der Waals surface area contributed by atoms with Crippen LogP contribution in [0.3, 0.4) is 0 Å². The SMILES string of the molecule is O=C(O)CC1COc2cc(NC(=O)c3ccc(C=NN4CCSCC4)cc3)ccc2C1. The fourth-order valence-electron chi connectivity index (χ4n) is 3.63. The molecule has 0 radical (unpaired) electrons. The summed E-state index contributed by atoms with van der Waals surface area (Å²) in [7, 11) is 0. The van der Waals surface area contributed by atoms with E-state index in [9.17, 15) is 9.59 Å². The fourth-order valence-corrected chi connectivity index (χ4v) is 4.52. The van der Waals surface area contributed by atoms with Crippen LogP contribution in [0.15, 0.2) is 47.6 Å². The Morgan fingerprint density at radius 3 is 2.71 bits per heavy atom. The zero-order valence-corrected chi connectivity index (χ0v) is 17.9. The molecule has 31 heavy (non-hydrogen) atoms. The van der Waals surface area contributed by atoms with Gasteiger partial charge in [0, 0.05) is 47.8 Å². The number of thioether (sulfide) groups is 1. The largest absolute Gasteiger partial charge is 0.493 e. The number of rotatable bonds is 6. The van der Waals surface area contributed by atoms with Gasteiger partial charge in [-0.25, -0.2) is 0 Å². The van der Waals surface area contributed by atoms with E-state index < -0.39 is 5.97 Å². The summed E-state index contributed by atoms with van der Waals surface area (Å²) in [5, 5.41) is 18.4. The Hall–Kier alpha value is -3.00. The second kappa shape index (κ2) is 9.87. The number of amides is 1. The number of carboxylic acids is 1. The van der Waals surface area contributed by atoms with Crippen molar-refractivity contribution in [1.29, 1.82) is 0 Å². The summed E-state index contributed by atoms with van der Waals surface area (Å²) in [6, 6.07) is 12.8. The van der Waals surface area contributed by atoms with Crippen LogP contribution in [0, 0.1) is 5.92 Å². The van der Waals surface area contributed by atoms with Gasteiger partial charge in [-0.3, -0.25) is 14.6 Å². The molecule has 0 aromatic heterocycles. The number of nitrogens with zero attached hydrogens (tertiary/aromatic N) is 2. The molecule has 1 atom stereocenters. The van der Waals surface area contributed by atoms with Gasteiger partial charge in [-0.2, -0.15) is 16.9 Å². The van der Waals surface area contributed by atoms with Crippen LogP contribution in [-0.2, 0) is 11.2 Å². The third kappa shape index (κ3) is 5.79. The van der Waals surface area contributed by atoms with Gasteiger partial charge in [-0.05, 0) is 35.7 Å². The van der Waals surface area contributed by atoms with Crippen molar-refractivity contribution in [2.75, 3.05) is 36.5 Å². The van der Waals surface area contributed by atoms with Crippen molar-refractivity contribution in [1.82, 2.24) is 5.01 Å². The average Bonchev–Trinajstić information content (AvgIpc) is 2.78. The Balaban J connectivity index is 1.35. The molecule has 1 amide bonds. The predicted octanol–water partition coefficient (Wildman–Crippen LogP) is 3.35. The lowest BCUT2D eigenvalue weighted by molar-refractivity contribution is -0.138.